The van der Waals surface area contributed by atoms with Crippen molar-refractivity contribution in [2.24, 2.45) is 5.41 Å². The Labute approximate surface area is 183 Å². The van der Waals surface area contributed by atoms with E-state index in [0.29, 0.717) is 38.0 Å². The van der Waals surface area contributed by atoms with Gasteiger partial charge in [-0.25, -0.2) is 0 Å². The fourth-order valence-corrected chi connectivity index (χ4v) is 4.45. The largest absolute Gasteiger partial charge is 0.356 e. The summed E-state index contributed by atoms with van der Waals surface area (Å²) >= 11 is 0. The minimum Gasteiger partial charge on any atom is -0.356 e. The van der Waals surface area contributed by atoms with E-state index < -0.39 is 5.41 Å². The zero-order valence-corrected chi connectivity index (χ0v) is 17.9. The van der Waals surface area contributed by atoms with Gasteiger partial charge in [-0.1, -0.05) is 72.8 Å². The van der Waals surface area contributed by atoms with Gasteiger partial charge in [0, 0.05) is 25.2 Å². The normalized spacial score (nSPS) is 18.0. The summed E-state index contributed by atoms with van der Waals surface area (Å²) in [5, 5.41) is 3.02. The third-order valence-electron chi connectivity index (χ3n) is 6.06. The number of benzene rings is 3. The quantitative estimate of drug-likeness (QED) is 0.645. The first kappa shape index (κ1) is 20.9. The third kappa shape index (κ3) is 4.53. The lowest BCUT2D eigenvalue weighted by atomic mass is 9.79. The molecule has 1 unspecified atom stereocenters. The molecule has 3 aromatic rings. The second-order valence-electron chi connectivity index (χ2n) is 8.23. The second-order valence-corrected chi connectivity index (χ2v) is 8.23. The lowest BCUT2D eigenvalue weighted by molar-refractivity contribution is -0.130. The maximum Gasteiger partial charge on any atom is 0.253 e. The van der Waals surface area contributed by atoms with E-state index in [2.05, 4.69) is 35.6 Å². The lowest BCUT2D eigenvalue weighted by Gasteiger charge is -2.28. The van der Waals surface area contributed by atoms with E-state index in [0.717, 1.165) is 16.7 Å². The molecule has 1 N–H and O–H groups in total. The van der Waals surface area contributed by atoms with Crippen molar-refractivity contribution in [3.63, 3.8) is 0 Å². The van der Waals surface area contributed by atoms with Crippen molar-refractivity contribution in [2.75, 3.05) is 19.6 Å². The third-order valence-corrected chi connectivity index (χ3v) is 6.06. The minimum atomic E-state index is -0.615. The van der Waals surface area contributed by atoms with Crippen molar-refractivity contribution in [3.05, 3.63) is 96.1 Å². The lowest BCUT2D eigenvalue weighted by Crippen LogP contribution is -2.45. The Morgan fingerprint density at radius 2 is 1.58 bits per heavy atom. The van der Waals surface area contributed by atoms with Gasteiger partial charge in [-0.15, -0.1) is 0 Å². The average Bonchev–Trinajstić information content (AvgIpc) is 3.25. The molecule has 1 aliphatic rings. The van der Waals surface area contributed by atoms with Crippen LogP contribution in [0.2, 0.25) is 0 Å². The highest BCUT2D eigenvalue weighted by Gasteiger charge is 2.45. The fraction of sp³-hybridized carbons (Fsp3) is 0.259. The Bertz CT molecular complexity index is 1050. The Hall–Kier alpha value is -3.40. The molecule has 0 aromatic heterocycles. The maximum absolute atomic E-state index is 13.2. The van der Waals surface area contributed by atoms with Crippen molar-refractivity contribution < 1.29 is 9.59 Å². The Kier molecular flexibility index (Phi) is 6.17. The highest BCUT2D eigenvalue weighted by Crippen LogP contribution is 2.36. The van der Waals surface area contributed by atoms with Gasteiger partial charge in [-0.3, -0.25) is 9.59 Å². The van der Waals surface area contributed by atoms with Crippen LogP contribution in [-0.4, -0.2) is 36.3 Å². The number of hydrogen-bond acceptors (Lipinski definition) is 2. The second kappa shape index (κ2) is 9.17. The Morgan fingerprint density at radius 3 is 2.29 bits per heavy atom. The highest BCUT2D eigenvalue weighted by atomic mass is 16.2. The number of rotatable bonds is 6. The molecule has 1 fully saturated rings. The summed E-state index contributed by atoms with van der Waals surface area (Å²) in [6.45, 7) is 3.53. The molecule has 2 amide bonds. The van der Waals surface area contributed by atoms with Crippen LogP contribution < -0.4 is 5.32 Å². The first-order chi connectivity index (χ1) is 15.1. The van der Waals surface area contributed by atoms with E-state index >= 15 is 0 Å². The van der Waals surface area contributed by atoms with E-state index in [9.17, 15) is 9.59 Å². The van der Waals surface area contributed by atoms with E-state index in [4.69, 9.17) is 0 Å². The number of nitrogens with one attached hydrogen (secondary N) is 1. The van der Waals surface area contributed by atoms with E-state index in [-0.39, 0.29) is 11.8 Å². The zero-order valence-electron chi connectivity index (χ0n) is 17.9. The summed E-state index contributed by atoms with van der Waals surface area (Å²) in [4.78, 5) is 28.0. The van der Waals surface area contributed by atoms with E-state index in [1.54, 1.807) is 0 Å². The van der Waals surface area contributed by atoms with Crippen molar-refractivity contribution in [1.29, 1.82) is 0 Å². The summed E-state index contributed by atoms with van der Waals surface area (Å²) in [6, 6.07) is 27.9. The van der Waals surface area contributed by atoms with Gasteiger partial charge >= 0.3 is 0 Å². The van der Waals surface area contributed by atoms with Gasteiger partial charge in [0.25, 0.3) is 5.91 Å². The number of hydrogen-bond donors (Lipinski definition) is 1. The fourth-order valence-electron chi connectivity index (χ4n) is 4.45. The summed E-state index contributed by atoms with van der Waals surface area (Å²) < 4.78 is 0. The number of likely N-dealkylation sites (tertiary alicyclic amines) is 1. The molecule has 1 heterocycles. The molecule has 0 saturated carbocycles. The monoisotopic (exact) mass is 412 g/mol. The molecule has 0 radical (unpaired) electrons. The molecule has 0 bridgehead atoms. The molecule has 4 heteroatoms. The van der Waals surface area contributed by atoms with E-state index in [1.165, 1.54) is 0 Å². The molecular formula is C27H28N2O2. The molecule has 1 saturated heterocycles. The van der Waals surface area contributed by atoms with Crippen LogP contribution >= 0.6 is 0 Å². The van der Waals surface area contributed by atoms with Gasteiger partial charge in [0.2, 0.25) is 5.91 Å². The molecule has 0 aliphatic carbocycles. The van der Waals surface area contributed by atoms with Gasteiger partial charge in [0.1, 0.15) is 0 Å². The predicted molar refractivity (Wildman–Crippen MR) is 124 cm³/mol. The van der Waals surface area contributed by atoms with Gasteiger partial charge < -0.3 is 10.2 Å². The van der Waals surface area contributed by atoms with E-state index in [1.807, 2.05) is 66.4 Å². The SMILES string of the molecule is CCNC(=O)C1(Cc2cccc(-c3ccccc3)c2)CCN(C(=O)c2ccccc2)C1. The summed E-state index contributed by atoms with van der Waals surface area (Å²) in [5.41, 5.74) is 3.46. The van der Waals surface area contributed by atoms with Crippen LogP contribution in [0.25, 0.3) is 11.1 Å². The van der Waals surface area contributed by atoms with Crippen molar-refractivity contribution in [3.8, 4) is 11.1 Å². The first-order valence-electron chi connectivity index (χ1n) is 10.9. The molecular weight excluding hydrogens is 384 g/mol. The maximum atomic E-state index is 13.2. The average molecular weight is 413 g/mol. The van der Waals surface area contributed by atoms with Gasteiger partial charge in [0.05, 0.1) is 5.41 Å². The highest BCUT2D eigenvalue weighted by molar-refractivity contribution is 5.95. The van der Waals surface area contributed by atoms with Crippen molar-refractivity contribution in [1.82, 2.24) is 10.2 Å². The molecule has 31 heavy (non-hydrogen) atoms. The van der Waals surface area contributed by atoms with Crippen LogP contribution in [0.4, 0.5) is 0 Å². The summed E-state index contributed by atoms with van der Waals surface area (Å²) in [7, 11) is 0. The van der Waals surface area contributed by atoms with Gasteiger partial charge in [-0.2, -0.15) is 0 Å². The van der Waals surface area contributed by atoms with Gasteiger partial charge in [0.15, 0.2) is 0 Å². The van der Waals surface area contributed by atoms with Crippen molar-refractivity contribution in [2.45, 2.75) is 19.8 Å². The summed E-state index contributed by atoms with van der Waals surface area (Å²) in [5.74, 6) is 0.0216. The first-order valence-corrected chi connectivity index (χ1v) is 10.9. The summed E-state index contributed by atoms with van der Waals surface area (Å²) in [6.07, 6.45) is 1.27. The van der Waals surface area contributed by atoms with Crippen LogP contribution in [0.5, 0.6) is 0 Å². The number of carbonyl (C=O) groups is 2. The number of carbonyl (C=O) groups excluding carboxylic acids is 2. The molecule has 4 nitrogen and oxygen atoms in total. The number of nitrogens with zero attached hydrogens (tertiary/aromatic N) is 1. The topological polar surface area (TPSA) is 49.4 Å². The predicted octanol–water partition coefficient (Wildman–Crippen LogP) is 4.56. The molecule has 158 valence electrons. The van der Waals surface area contributed by atoms with Crippen LogP contribution in [0.3, 0.4) is 0 Å². The van der Waals surface area contributed by atoms with Gasteiger partial charge in [-0.05, 0) is 48.6 Å². The minimum absolute atomic E-state index is 0.00944. The molecule has 3 aromatic carbocycles. The Morgan fingerprint density at radius 1 is 0.903 bits per heavy atom. The molecule has 4 rings (SSSR count). The zero-order chi connectivity index (χ0) is 21.7. The molecule has 1 aliphatic heterocycles. The van der Waals surface area contributed by atoms with Crippen LogP contribution in [0.1, 0.15) is 29.3 Å². The standard InChI is InChI=1S/C27H28N2O2/c1-2-28-26(31)27(16-17-29(20-27)25(30)23-13-7-4-8-14-23)19-21-10-9-15-24(18-21)22-11-5-3-6-12-22/h3-15,18H,2,16-17,19-20H2,1H3,(H,28,31). The Balaban J connectivity index is 1.59. The van der Waals surface area contributed by atoms with Crippen LogP contribution in [0.15, 0.2) is 84.9 Å². The smallest absolute Gasteiger partial charge is 0.253 e. The molecule has 1 atom stereocenters. The van der Waals surface area contributed by atoms with Crippen LogP contribution in [0, 0.1) is 5.41 Å². The molecule has 0 spiro atoms. The number of amides is 2. The van der Waals surface area contributed by atoms with Crippen molar-refractivity contribution >= 4 is 11.8 Å². The van der Waals surface area contributed by atoms with Crippen LogP contribution in [-0.2, 0) is 11.2 Å².